The summed E-state index contributed by atoms with van der Waals surface area (Å²) in [6, 6.07) is 0. The lowest BCUT2D eigenvalue weighted by molar-refractivity contribution is -0.137. The number of hydrogen-bond donors (Lipinski definition) is 3. The van der Waals surface area contributed by atoms with Crippen molar-refractivity contribution < 1.29 is 20.1 Å². The Morgan fingerprint density at radius 1 is 1.38 bits per heavy atom. The van der Waals surface area contributed by atoms with Gasteiger partial charge in [0.2, 0.25) is 0 Å². The summed E-state index contributed by atoms with van der Waals surface area (Å²) in [7, 11) is 0. The molecular weight excluding hydrogens is 328 g/mol. The fourth-order valence-electron chi connectivity index (χ4n) is 4.31. The number of unbranched alkanes of at least 4 members (excludes halogenated alkanes) is 1. The van der Waals surface area contributed by atoms with Crippen molar-refractivity contribution in [2.75, 3.05) is 0 Å². The van der Waals surface area contributed by atoms with Crippen molar-refractivity contribution in [1.29, 1.82) is 0 Å². The van der Waals surface area contributed by atoms with Gasteiger partial charge in [-0.15, -0.1) is 11.8 Å². The molecule has 0 radical (unpaired) electrons. The molecule has 2 saturated carbocycles. The Kier molecular flexibility index (Phi) is 7.93. The molecule has 0 heterocycles. The topological polar surface area (TPSA) is 77.8 Å². The first-order valence-electron chi connectivity index (χ1n) is 9.76. The van der Waals surface area contributed by atoms with E-state index >= 15 is 0 Å². The van der Waals surface area contributed by atoms with E-state index in [-0.39, 0.29) is 24.4 Å². The van der Waals surface area contributed by atoms with Crippen molar-refractivity contribution in [2.45, 2.75) is 71.0 Å². The van der Waals surface area contributed by atoms with Crippen LogP contribution in [0.2, 0.25) is 0 Å². The van der Waals surface area contributed by atoms with E-state index < -0.39 is 12.1 Å². The van der Waals surface area contributed by atoms with Gasteiger partial charge in [-0.1, -0.05) is 30.7 Å². The van der Waals surface area contributed by atoms with Crippen LogP contribution in [0.4, 0.5) is 0 Å². The van der Waals surface area contributed by atoms with Crippen LogP contribution in [0.5, 0.6) is 0 Å². The fraction of sp³-hybridized carbons (Fsp3) is 0.682. The fourth-order valence-corrected chi connectivity index (χ4v) is 4.31. The molecule has 2 rings (SSSR count). The number of aliphatic carboxylic acids is 1. The molecule has 144 valence electrons. The van der Waals surface area contributed by atoms with E-state index in [0.717, 1.165) is 25.7 Å². The van der Waals surface area contributed by atoms with Gasteiger partial charge in [0.05, 0.1) is 12.2 Å². The van der Waals surface area contributed by atoms with Crippen LogP contribution in [0.25, 0.3) is 0 Å². The van der Waals surface area contributed by atoms with Crippen molar-refractivity contribution in [1.82, 2.24) is 0 Å². The average Bonchev–Trinajstić information content (AvgIpc) is 3.10. The minimum atomic E-state index is -0.738. The van der Waals surface area contributed by atoms with Crippen molar-refractivity contribution >= 4 is 5.97 Å². The largest absolute Gasteiger partial charge is 0.481 e. The SMILES string of the molecule is CC#CC[C@H](C)[C@@H](O)/C=C/[C@@H]1[C@H]2C/C(=C/CCCC(=O)O)C[C@@H]2C[C@H]1O. The molecule has 0 spiro atoms. The summed E-state index contributed by atoms with van der Waals surface area (Å²) in [6.07, 6.45) is 10.4. The third-order valence-electron chi connectivity index (χ3n) is 5.85. The minimum absolute atomic E-state index is 0.0845. The van der Waals surface area contributed by atoms with E-state index in [2.05, 4.69) is 17.9 Å². The van der Waals surface area contributed by atoms with Gasteiger partial charge >= 0.3 is 5.97 Å². The van der Waals surface area contributed by atoms with Gasteiger partial charge in [0.15, 0.2) is 0 Å². The second-order valence-electron chi connectivity index (χ2n) is 7.84. The molecule has 0 aromatic carbocycles. The zero-order valence-electron chi connectivity index (χ0n) is 15.9. The third kappa shape index (κ3) is 5.72. The Morgan fingerprint density at radius 2 is 2.15 bits per heavy atom. The van der Waals surface area contributed by atoms with E-state index in [9.17, 15) is 15.0 Å². The molecule has 0 bridgehead atoms. The van der Waals surface area contributed by atoms with Crippen LogP contribution in [-0.4, -0.2) is 33.5 Å². The highest BCUT2D eigenvalue weighted by Crippen LogP contribution is 2.50. The highest BCUT2D eigenvalue weighted by molar-refractivity contribution is 5.66. The van der Waals surface area contributed by atoms with Crippen LogP contribution in [-0.2, 0) is 4.79 Å². The highest BCUT2D eigenvalue weighted by Gasteiger charge is 2.44. The van der Waals surface area contributed by atoms with Crippen molar-refractivity contribution in [3.8, 4) is 11.8 Å². The maximum atomic E-state index is 10.6. The molecule has 4 nitrogen and oxygen atoms in total. The van der Waals surface area contributed by atoms with Crippen LogP contribution in [0.15, 0.2) is 23.8 Å². The molecular formula is C22H32O4. The number of aliphatic hydroxyl groups is 2. The Balaban J connectivity index is 1.89. The number of fused-ring (bicyclic) bond motifs is 1. The molecule has 6 atom stereocenters. The predicted octanol–water partition coefficient (Wildman–Crippen LogP) is 3.54. The number of allylic oxidation sites excluding steroid dienone is 2. The summed E-state index contributed by atoms with van der Waals surface area (Å²) in [5.74, 6) is 6.25. The smallest absolute Gasteiger partial charge is 0.303 e. The zero-order chi connectivity index (χ0) is 19.1. The summed E-state index contributed by atoms with van der Waals surface area (Å²) < 4.78 is 0. The molecule has 3 N–H and O–H groups in total. The first-order valence-corrected chi connectivity index (χ1v) is 9.76. The summed E-state index contributed by atoms with van der Waals surface area (Å²) >= 11 is 0. The van der Waals surface area contributed by atoms with Crippen molar-refractivity contribution in [3.63, 3.8) is 0 Å². The van der Waals surface area contributed by atoms with Gasteiger partial charge < -0.3 is 15.3 Å². The average molecular weight is 360 g/mol. The monoisotopic (exact) mass is 360 g/mol. The molecule has 0 saturated heterocycles. The maximum absolute atomic E-state index is 10.6. The molecule has 0 aliphatic heterocycles. The first-order chi connectivity index (χ1) is 12.4. The summed E-state index contributed by atoms with van der Waals surface area (Å²) in [6.45, 7) is 3.79. The normalized spacial score (nSPS) is 31.6. The molecule has 2 fully saturated rings. The second-order valence-corrected chi connectivity index (χ2v) is 7.84. The Labute approximate surface area is 157 Å². The number of aliphatic hydroxyl groups excluding tert-OH is 2. The molecule has 2 aliphatic carbocycles. The number of rotatable bonds is 8. The standard InChI is InChI=1S/C22H32O4/c1-3-4-7-15(2)20(23)11-10-18-19-13-16(8-5-6-9-22(25)26)12-17(19)14-21(18)24/h8,10-11,15,17-21,23-24H,5-7,9,12-14H2,1-2H3,(H,25,26)/b11-10+,16-8+/t15-,17+,18+,19-,20-,21+/m0/s1. The van der Waals surface area contributed by atoms with Gasteiger partial charge in [0.25, 0.3) is 0 Å². The zero-order valence-corrected chi connectivity index (χ0v) is 15.9. The van der Waals surface area contributed by atoms with E-state index in [1.807, 2.05) is 19.1 Å². The number of carboxylic acid groups (broad SMARTS) is 1. The van der Waals surface area contributed by atoms with Crippen molar-refractivity contribution in [3.05, 3.63) is 23.8 Å². The predicted molar refractivity (Wildman–Crippen MR) is 102 cm³/mol. The van der Waals surface area contributed by atoms with Crippen LogP contribution < -0.4 is 0 Å². The van der Waals surface area contributed by atoms with Crippen LogP contribution in [0.3, 0.4) is 0 Å². The summed E-state index contributed by atoms with van der Waals surface area (Å²) in [4.78, 5) is 10.6. The first kappa shape index (κ1) is 20.7. The number of carboxylic acids is 1. The molecule has 0 amide bonds. The van der Waals surface area contributed by atoms with Crippen LogP contribution >= 0.6 is 0 Å². The quantitative estimate of drug-likeness (QED) is 0.351. The Bertz CT molecular complexity index is 595. The van der Waals surface area contributed by atoms with Gasteiger partial charge in [0, 0.05) is 18.8 Å². The lowest BCUT2D eigenvalue weighted by Crippen LogP contribution is -2.19. The van der Waals surface area contributed by atoms with Crippen LogP contribution in [0.1, 0.15) is 58.8 Å². The molecule has 4 heteroatoms. The summed E-state index contributed by atoms with van der Waals surface area (Å²) in [5.41, 5.74) is 1.41. The van der Waals surface area contributed by atoms with Gasteiger partial charge in [-0.25, -0.2) is 0 Å². The van der Waals surface area contributed by atoms with Gasteiger partial charge in [-0.2, -0.15) is 0 Å². The molecule has 0 unspecified atom stereocenters. The lowest BCUT2D eigenvalue weighted by atomic mass is 9.89. The molecule has 26 heavy (non-hydrogen) atoms. The summed E-state index contributed by atoms with van der Waals surface area (Å²) in [5, 5.41) is 29.4. The van der Waals surface area contributed by atoms with E-state index in [0.29, 0.717) is 24.7 Å². The Hall–Kier alpha value is -1.57. The van der Waals surface area contributed by atoms with E-state index in [1.54, 1.807) is 6.92 Å². The number of hydrogen-bond acceptors (Lipinski definition) is 3. The maximum Gasteiger partial charge on any atom is 0.303 e. The van der Waals surface area contributed by atoms with E-state index in [1.165, 1.54) is 5.57 Å². The van der Waals surface area contributed by atoms with Gasteiger partial charge in [0.1, 0.15) is 0 Å². The highest BCUT2D eigenvalue weighted by atomic mass is 16.4. The molecule has 0 aromatic rings. The minimum Gasteiger partial charge on any atom is -0.481 e. The lowest BCUT2D eigenvalue weighted by Gasteiger charge is -2.19. The molecule has 2 aliphatic rings. The third-order valence-corrected chi connectivity index (χ3v) is 5.85. The van der Waals surface area contributed by atoms with Gasteiger partial charge in [-0.05, 0) is 56.8 Å². The van der Waals surface area contributed by atoms with E-state index in [4.69, 9.17) is 5.11 Å². The second kappa shape index (κ2) is 9.94. The number of carbonyl (C=O) groups is 1. The Morgan fingerprint density at radius 3 is 2.85 bits per heavy atom. The van der Waals surface area contributed by atoms with Crippen molar-refractivity contribution in [2.24, 2.45) is 23.7 Å². The van der Waals surface area contributed by atoms with Gasteiger partial charge in [-0.3, -0.25) is 4.79 Å². The molecule has 0 aromatic heterocycles. The van der Waals surface area contributed by atoms with Crippen LogP contribution in [0, 0.1) is 35.5 Å².